The lowest BCUT2D eigenvalue weighted by Crippen LogP contribution is -2.30. The van der Waals surface area contributed by atoms with Gasteiger partial charge in [0.2, 0.25) is 0 Å². The normalized spacial score (nSPS) is 14.4. The summed E-state index contributed by atoms with van der Waals surface area (Å²) in [6.07, 6.45) is 0. The quantitative estimate of drug-likeness (QED) is 0.160. The second-order valence-corrected chi connectivity index (χ2v) is 9.58. The van der Waals surface area contributed by atoms with E-state index >= 15 is 0 Å². The molecule has 33 heavy (non-hydrogen) atoms. The van der Waals surface area contributed by atoms with Crippen LogP contribution in [0, 0.1) is 6.92 Å². The molecule has 2 aromatic heterocycles. The van der Waals surface area contributed by atoms with Crippen LogP contribution in [0.25, 0.3) is 0 Å². The fourth-order valence-corrected chi connectivity index (χ4v) is 4.82. The van der Waals surface area contributed by atoms with Crippen molar-refractivity contribution in [3.63, 3.8) is 0 Å². The molecule has 3 heterocycles. The lowest BCUT2D eigenvalue weighted by Gasteiger charge is -2.25. The van der Waals surface area contributed by atoms with E-state index in [9.17, 15) is 0 Å². The molecular formula is C22H29N7O2S2. The number of thioether (sulfide) groups is 1. The summed E-state index contributed by atoms with van der Waals surface area (Å²) in [5.41, 5.74) is 2.21. The minimum absolute atomic E-state index is 0.600. The minimum Gasteiger partial charge on any atom is -0.383 e. The third-order valence-electron chi connectivity index (χ3n) is 4.78. The van der Waals surface area contributed by atoms with Crippen LogP contribution < -0.4 is 10.6 Å². The van der Waals surface area contributed by atoms with Crippen LogP contribution in [-0.4, -0.2) is 71.0 Å². The van der Waals surface area contributed by atoms with Crippen LogP contribution in [0.15, 0.2) is 46.5 Å². The number of rotatable bonds is 11. The lowest BCUT2D eigenvalue weighted by atomic mass is 10.2. The third-order valence-corrected chi connectivity index (χ3v) is 6.80. The van der Waals surface area contributed by atoms with E-state index in [0.717, 1.165) is 49.4 Å². The fourth-order valence-electron chi connectivity index (χ4n) is 3.12. The lowest BCUT2D eigenvalue weighted by molar-refractivity contribution is 0.0773. The molecule has 1 aliphatic heterocycles. The van der Waals surface area contributed by atoms with Crippen molar-refractivity contribution in [2.75, 3.05) is 57.2 Å². The van der Waals surface area contributed by atoms with Crippen molar-refractivity contribution in [3.8, 4) is 0 Å². The zero-order chi connectivity index (χ0) is 22.9. The van der Waals surface area contributed by atoms with Crippen LogP contribution in [0.3, 0.4) is 0 Å². The molecule has 11 heteroatoms. The van der Waals surface area contributed by atoms with Gasteiger partial charge in [-0.15, -0.1) is 0 Å². The van der Waals surface area contributed by atoms with Crippen molar-refractivity contribution < 1.29 is 9.47 Å². The first kappa shape index (κ1) is 23.8. The smallest absolute Gasteiger partial charge is 0.191 e. The molecule has 1 fully saturated rings. The molecule has 0 radical (unpaired) electrons. The van der Waals surface area contributed by atoms with Gasteiger partial charge in [-0.25, -0.2) is 14.3 Å². The molecule has 0 bridgehead atoms. The van der Waals surface area contributed by atoms with E-state index < -0.39 is 0 Å². The van der Waals surface area contributed by atoms with E-state index in [1.165, 1.54) is 10.5 Å². The summed E-state index contributed by atoms with van der Waals surface area (Å²) in [4.78, 5) is 10.6. The monoisotopic (exact) mass is 487 g/mol. The highest BCUT2D eigenvalue weighted by molar-refractivity contribution is 7.98. The van der Waals surface area contributed by atoms with Gasteiger partial charge < -0.3 is 20.1 Å². The van der Waals surface area contributed by atoms with Gasteiger partial charge >= 0.3 is 0 Å². The summed E-state index contributed by atoms with van der Waals surface area (Å²) in [7, 11) is 1.68. The van der Waals surface area contributed by atoms with Crippen LogP contribution in [0.2, 0.25) is 0 Å². The molecule has 0 unspecified atom stereocenters. The SMILES string of the molecule is COCCNc1cc(Nc2cc(C)[nH]n2)nc(SCc2ccc(SN3CCOCC3)cc2)n1. The van der Waals surface area contributed by atoms with E-state index in [2.05, 4.69) is 59.4 Å². The Kier molecular flexibility index (Phi) is 8.84. The van der Waals surface area contributed by atoms with Crippen molar-refractivity contribution >= 4 is 41.2 Å². The Hall–Kier alpha value is -2.31. The molecule has 0 saturated carbocycles. The summed E-state index contributed by atoms with van der Waals surface area (Å²) in [5.74, 6) is 2.94. The number of ether oxygens (including phenoxy) is 2. The van der Waals surface area contributed by atoms with E-state index in [1.54, 1.807) is 30.8 Å². The van der Waals surface area contributed by atoms with Gasteiger partial charge in [0.25, 0.3) is 0 Å². The average molecular weight is 488 g/mol. The molecule has 3 N–H and O–H groups in total. The molecule has 4 rings (SSSR count). The maximum Gasteiger partial charge on any atom is 0.191 e. The first-order valence-corrected chi connectivity index (χ1v) is 12.6. The summed E-state index contributed by atoms with van der Waals surface area (Å²) in [6, 6.07) is 12.5. The van der Waals surface area contributed by atoms with Gasteiger partial charge in [0.15, 0.2) is 11.0 Å². The number of aromatic nitrogens is 4. The van der Waals surface area contributed by atoms with Crippen LogP contribution in [0.5, 0.6) is 0 Å². The molecule has 1 aliphatic rings. The van der Waals surface area contributed by atoms with Gasteiger partial charge in [-0.1, -0.05) is 23.9 Å². The first-order chi connectivity index (χ1) is 16.2. The van der Waals surface area contributed by atoms with Crippen LogP contribution in [0.1, 0.15) is 11.3 Å². The average Bonchev–Trinajstić information content (AvgIpc) is 3.24. The van der Waals surface area contributed by atoms with Gasteiger partial charge in [0.05, 0.1) is 19.8 Å². The van der Waals surface area contributed by atoms with Crippen LogP contribution in [-0.2, 0) is 15.2 Å². The largest absolute Gasteiger partial charge is 0.383 e. The Morgan fingerprint density at radius 3 is 2.61 bits per heavy atom. The van der Waals surface area contributed by atoms with Crippen molar-refractivity contribution in [2.45, 2.75) is 22.7 Å². The molecule has 0 atom stereocenters. The number of nitrogens with zero attached hydrogens (tertiary/aromatic N) is 4. The number of anilines is 3. The van der Waals surface area contributed by atoms with Crippen molar-refractivity contribution in [1.29, 1.82) is 0 Å². The summed E-state index contributed by atoms with van der Waals surface area (Å²) in [5, 5.41) is 14.4. The molecule has 176 valence electrons. The number of morpholine rings is 1. The predicted molar refractivity (Wildman–Crippen MR) is 133 cm³/mol. The Morgan fingerprint density at radius 2 is 1.88 bits per heavy atom. The molecule has 3 aromatic rings. The molecule has 1 aromatic carbocycles. The fraction of sp³-hybridized carbons (Fsp3) is 0.409. The van der Waals surface area contributed by atoms with E-state index in [-0.39, 0.29) is 0 Å². The van der Waals surface area contributed by atoms with Gasteiger partial charge in [-0.3, -0.25) is 5.10 Å². The Morgan fingerprint density at radius 1 is 1.09 bits per heavy atom. The predicted octanol–water partition coefficient (Wildman–Crippen LogP) is 3.94. The zero-order valence-corrected chi connectivity index (χ0v) is 20.5. The number of aryl methyl sites for hydroxylation is 1. The molecule has 1 saturated heterocycles. The molecular weight excluding hydrogens is 458 g/mol. The Bertz CT molecular complexity index is 1010. The van der Waals surface area contributed by atoms with E-state index in [4.69, 9.17) is 9.47 Å². The van der Waals surface area contributed by atoms with Gasteiger partial charge in [-0.2, -0.15) is 5.10 Å². The summed E-state index contributed by atoms with van der Waals surface area (Å²) in [6.45, 7) is 6.76. The number of hydrogen-bond donors (Lipinski definition) is 3. The molecule has 0 spiro atoms. The van der Waals surface area contributed by atoms with Crippen LogP contribution in [0.4, 0.5) is 17.5 Å². The van der Waals surface area contributed by atoms with E-state index in [1.807, 2.05) is 19.1 Å². The number of methoxy groups -OCH3 is 1. The third kappa shape index (κ3) is 7.61. The molecule has 9 nitrogen and oxygen atoms in total. The summed E-state index contributed by atoms with van der Waals surface area (Å²) >= 11 is 3.39. The second-order valence-electron chi connectivity index (χ2n) is 7.47. The number of nitrogens with one attached hydrogen (secondary N) is 3. The van der Waals surface area contributed by atoms with E-state index in [0.29, 0.717) is 24.1 Å². The number of H-pyrrole nitrogens is 1. The standard InChI is InChI=1S/C22H29N7O2S2/c1-16-13-21(28-27-16)24-20-14-19(23-7-10-30-2)25-22(26-20)32-15-17-3-5-18(6-4-17)33-29-8-11-31-12-9-29/h3-6,13-14H,7-12,15H2,1-2H3,(H3,23,24,25,26,27,28). The maximum atomic E-state index is 5.42. The van der Waals surface area contributed by atoms with Crippen molar-refractivity contribution in [1.82, 2.24) is 24.5 Å². The minimum atomic E-state index is 0.600. The second kappa shape index (κ2) is 12.2. The maximum absolute atomic E-state index is 5.42. The van der Waals surface area contributed by atoms with Gasteiger partial charge in [0.1, 0.15) is 11.6 Å². The zero-order valence-electron chi connectivity index (χ0n) is 18.8. The Balaban J connectivity index is 1.39. The number of hydrogen-bond acceptors (Lipinski definition) is 10. The highest BCUT2D eigenvalue weighted by Gasteiger charge is 2.12. The molecule has 0 aliphatic carbocycles. The Labute approximate surface area is 202 Å². The number of benzene rings is 1. The highest BCUT2D eigenvalue weighted by Crippen LogP contribution is 2.27. The summed E-state index contributed by atoms with van der Waals surface area (Å²) < 4.78 is 12.9. The van der Waals surface area contributed by atoms with Crippen LogP contribution >= 0.6 is 23.7 Å². The van der Waals surface area contributed by atoms with Crippen molar-refractivity contribution in [3.05, 3.63) is 47.7 Å². The topological polar surface area (TPSA) is 100 Å². The highest BCUT2D eigenvalue weighted by atomic mass is 32.2. The van der Waals surface area contributed by atoms with Crippen molar-refractivity contribution in [2.24, 2.45) is 0 Å². The molecule has 0 amide bonds. The number of aromatic amines is 1. The first-order valence-electron chi connectivity index (χ1n) is 10.8. The van der Waals surface area contributed by atoms with Gasteiger partial charge in [0, 0.05) is 55.2 Å². The van der Waals surface area contributed by atoms with Gasteiger partial charge in [-0.05, 0) is 36.6 Å².